The SMILES string of the molecule is CCOc1ccc(C2c3c(-c4cc(Cl)ccc4O)n[nH]c3C(=O)N2Cc2ccc(F)cc2)cc1OC. The number of methoxy groups -OCH3 is 1. The van der Waals surface area contributed by atoms with Crippen LogP contribution in [0.1, 0.15) is 40.1 Å². The summed E-state index contributed by atoms with van der Waals surface area (Å²) in [6, 6.07) is 15.6. The van der Waals surface area contributed by atoms with Crippen molar-refractivity contribution in [1.29, 1.82) is 0 Å². The molecule has 0 saturated carbocycles. The minimum absolute atomic E-state index is 0.0128. The fourth-order valence-electron chi connectivity index (χ4n) is 4.53. The number of nitrogens with zero attached hydrogens (tertiary/aromatic N) is 2. The number of aromatic amines is 1. The Balaban J connectivity index is 1.67. The summed E-state index contributed by atoms with van der Waals surface area (Å²) >= 11 is 6.21. The maximum atomic E-state index is 13.6. The molecule has 0 saturated heterocycles. The van der Waals surface area contributed by atoms with Crippen LogP contribution in [0.15, 0.2) is 60.7 Å². The lowest BCUT2D eigenvalue weighted by Crippen LogP contribution is -2.29. The van der Waals surface area contributed by atoms with E-state index in [1.807, 2.05) is 19.1 Å². The van der Waals surface area contributed by atoms with Crippen LogP contribution in [0, 0.1) is 5.82 Å². The van der Waals surface area contributed by atoms with Gasteiger partial charge in [0.1, 0.15) is 23.0 Å². The van der Waals surface area contributed by atoms with Gasteiger partial charge in [-0.1, -0.05) is 29.8 Å². The van der Waals surface area contributed by atoms with Gasteiger partial charge in [0.2, 0.25) is 0 Å². The summed E-state index contributed by atoms with van der Waals surface area (Å²) in [7, 11) is 1.55. The molecule has 9 heteroatoms. The first-order valence-electron chi connectivity index (χ1n) is 11.3. The average molecular weight is 508 g/mol. The average Bonchev–Trinajstić information content (AvgIpc) is 3.41. The topological polar surface area (TPSA) is 87.7 Å². The summed E-state index contributed by atoms with van der Waals surface area (Å²) in [5.41, 5.74) is 3.25. The molecule has 3 aromatic carbocycles. The third kappa shape index (κ3) is 4.13. The van der Waals surface area contributed by atoms with Gasteiger partial charge < -0.3 is 19.5 Å². The molecule has 1 aromatic heterocycles. The van der Waals surface area contributed by atoms with Gasteiger partial charge in [-0.2, -0.15) is 5.10 Å². The van der Waals surface area contributed by atoms with Crippen molar-refractivity contribution in [2.24, 2.45) is 0 Å². The number of aromatic nitrogens is 2. The van der Waals surface area contributed by atoms with Crippen molar-refractivity contribution >= 4 is 17.5 Å². The van der Waals surface area contributed by atoms with Gasteiger partial charge >= 0.3 is 0 Å². The number of carbonyl (C=O) groups is 1. The Kier molecular flexibility index (Phi) is 6.28. The molecular weight excluding hydrogens is 485 g/mol. The first-order valence-corrected chi connectivity index (χ1v) is 11.7. The van der Waals surface area contributed by atoms with E-state index in [-0.39, 0.29) is 24.0 Å². The zero-order valence-electron chi connectivity index (χ0n) is 19.6. The molecule has 5 rings (SSSR count). The van der Waals surface area contributed by atoms with Crippen LogP contribution in [0.5, 0.6) is 17.2 Å². The number of aromatic hydroxyl groups is 1. The Labute approximate surface area is 212 Å². The second kappa shape index (κ2) is 9.54. The molecule has 1 unspecified atom stereocenters. The van der Waals surface area contributed by atoms with Crippen LogP contribution in [0.2, 0.25) is 5.02 Å². The molecule has 36 heavy (non-hydrogen) atoms. The number of ether oxygens (including phenoxy) is 2. The Bertz CT molecular complexity index is 1440. The molecule has 0 spiro atoms. The molecule has 4 aromatic rings. The summed E-state index contributed by atoms with van der Waals surface area (Å²) in [6.07, 6.45) is 0. The van der Waals surface area contributed by atoms with Gasteiger partial charge in [-0.15, -0.1) is 0 Å². The second-order valence-corrected chi connectivity index (χ2v) is 8.76. The van der Waals surface area contributed by atoms with E-state index in [9.17, 15) is 14.3 Å². The first kappa shape index (κ1) is 23.7. The number of phenolic OH excluding ortho intramolecular Hbond substituents is 1. The highest BCUT2D eigenvalue weighted by Crippen LogP contribution is 2.46. The van der Waals surface area contributed by atoms with Crippen molar-refractivity contribution in [1.82, 2.24) is 15.1 Å². The van der Waals surface area contributed by atoms with Gasteiger partial charge in [0.25, 0.3) is 5.91 Å². The minimum atomic E-state index is -0.575. The Morgan fingerprint density at radius 2 is 1.89 bits per heavy atom. The number of halogens is 2. The quantitative estimate of drug-likeness (QED) is 0.333. The molecule has 2 N–H and O–H groups in total. The molecule has 1 aliphatic rings. The smallest absolute Gasteiger partial charge is 0.273 e. The predicted octanol–water partition coefficient (Wildman–Crippen LogP) is 5.73. The highest BCUT2D eigenvalue weighted by atomic mass is 35.5. The number of hydrogen-bond acceptors (Lipinski definition) is 5. The number of carbonyl (C=O) groups excluding carboxylic acids is 1. The van der Waals surface area contributed by atoms with Gasteiger partial charge in [0.15, 0.2) is 11.5 Å². The first-order chi connectivity index (χ1) is 17.4. The summed E-state index contributed by atoms with van der Waals surface area (Å²) in [5, 5.41) is 18.2. The number of phenols is 1. The monoisotopic (exact) mass is 507 g/mol. The summed E-state index contributed by atoms with van der Waals surface area (Å²) in [5.74, 6) is 0.465. The summed E-state index contributed by atoms with van der Waals surface area (Å²) in [6.45, 7) is 2.58. The van der Waals surface area contributed by atoms with E-state index in [4.69, 9.17) is 21.1 Å². The Morgan fingerprint density at radius 1 is 1.11 bits per heavy atom. The van der Waals surface area contributed by atoms with Crippen LogP contribution in [-0.2, 0) is 6.54 Å². The van der Waals surface area contributed by atoms with Crippen LogP contribution >= 0.6 is 11.6 Å². The van der Waals surface area contributed by atoms with Crippen molar-refractivity contribution in [2.75, 3.05) is 13.7 Å². The lowest BCUT2D eigenvalue weighted by Gasteiger charge is -2.27. The van der Waals surface area contributed by atoms with Gasteiger partial charge in [0.05, 0.1) is 19.8 Å². The van der Waals surface area contributed by atoms with Crippen LogP contribution in [0.25, 0.3) is 11.3 Å². The van der Waals surface area contributed by atoms with Crippen molar-refractivity contribution in [3.63, 3.8) is 0 Å². The van der Waals surface area contributed by atoms with Crippen molar-refractivity contribution < 1.29 is 23.8 Å². The molecule has 0 aliphatic carbocycles. The molecule has 2 heterocycles. The number of benzene rings is 3. The second-order valence-electron chi connectivity index (χ2n) is 8.33. The summed E-state index contributed by atoms with van der Waals surface area (Å²) in [4.78, 5) is 15.3. The highest BCUT2D eigenvalue weighted by molar-refractivity contribution is 6.31. The third-order valence-electron chi connectivity index (χ3n) is 6.15. The number of fused-ring (bicyclic) bond motifs is 1. The van der Waals surface area contributed by atoms with Gasteiger partial charge in [0, 0.05) is 22.7 Å². The van der Waals surface area contributed by atoms with Crippen LogP contribution in [0.3, 0.4) is 0 Å². The zero-order chi connectivity index (χ0) is 25.4. The number of rotatable bonds is 7. The molecule has 0 radical (unpaired) electrons. The fourth-order valence-corrected chi connectivity index (χ4v) is 4.70. The predicted molar refractivity (Wildman–Crippen MR) is 133 cm³/mol. The van der Waals surface area contributed by atoms with E-state index in [1.54, 1.807) is 42.3 Å². The fraction of sp³-hybridized carbons (Fsp3) is 0.185. The van der Waals surface area contributed by atoms with Crippen molar-refractivity contribution in [2.45, 2.75) is 19.5 Å². The van der Waals surface area contributed by atoms with Gasteiger partial charge in [-0.25, -0.2) is 4.39 Å². The summed E-state index contributed by atoms with van der Waals surface area (Å²) < 4.78 is 24.8. The van der Waals surface area contributed by atoms with Gasteiger partial charge in [-0.05, 0) is 60.5 Å². The van der Waals surface area contributed by atoms with E-state index >= 15 is 0 Å². The molecule has 1 amide bonds. The van der Waals surface area contributed by atoms with Gasteiger partial charge in [-0.3, -0.25) is 9.89 Å². The maximum absolute atomic E-state index is 13.6. The lowest BCUT2D eigenvalue weighted by atomic mass is 9.95. The highest BCUT2D eigenvalue weighted by Gasteiger charge is 2.42. The number of nitrogens with one attached hydrogen (secondary N) is 1. The number of amides is 1. The lowest BCUT2D eigenvalue weighted by molar-refractivity contribution is 0.0730. The van der Waals surface area contributed by atoms with Crippen molar-refractivity contribution in [3.05, 3.63) is 93.9 Å². The van der Waals surface area contributed by atoms with E-state index in [0.29, 0.717) is 45.6 Å². The van der Waals surface area contributed by atoms with E-state index in [2.05, 4.69) is 10.2 Å². The molecule has 184 valence electrons. The van der Waals surface area contributed by atoms with Crippen LogP contribution in [-0.4, -0.2) is 39.8 Å². The minimum Gasteiger partial charge on any atom is -0.507 e. The zero-order valence-corrected chi connectivity index (χ0v) is 20.3. The van der Waals surface area contributed by atoms with Crippen molar-refractivity contribution in [3.8, 4) is 28.5 Å². The number of hydrogen-bond donors (Lipinski definition) is 2. The molecular formula is C27H23ClFN3O4. The molecule has 7 nitrogen and oxygen atoms in total. The van der Waals surface area contributed by atoms with Crippen LogP contribution < -0.4 is 9.47 Å². The molecule has 1 aliphatic heterocycles. The Hall–Kier alpha value is -4.04. The van der Waals surface area contributed by atoms with E-state index < -0.39 is 6.04 Å². The standard InChI is InChI=1S/C27H23ClFN3O4/c1-3-36-21-11-6-16(12-22(21)35-2)26-23-24(19-13-17(28)7-10-20(19)33)30-31-25(23)27(34)32(26)14-15-4-8-18(29)9-5-15/h4-13,26,33H,3,14H2,1-2H3,(H,30,31). The van der Waals surface area contributed by atoms with E-state index in [0.717, 1.165) is 11.1 Å². The maximum Gasteiger partial charge on any atom is 0.273 e. The molecule has 1 atom stereocenters. The normalized spacial score (nSPS) is 14.7. The largest absolute Gasteiger partial charge is 0.507 e. The molecule has 0 bridgehead atoms. The third-order valence-corrected chi connectivity index (χ3v) is 6.38. The molecule has 0 fully saturated rings. The Morgan fingerprint density at radius 3 is 2.61 bits per heavy atom. The van der Waals surface area contributed by atoms with E-state index in [1.165, 1.54) is 18.2 Å². The van der Waals surface area contributed by atoms with Crippen LogP contribution in [0.4, 0.5) is 4.39 Å². The number of H-pyrrole nitrogens is 1.